The molecule has 0 aliphatic carbocycles. The van der Waals surface area contributed by atoms with Gasteiger partial charge in [-0.15, -0.1) is 0 Å². The first-order valence-electron chi connectivity index (χ1n) is 7.19. The highest BCUT2D eigenvalue weighted by atomic mass is 35.5. The summed E-state index contributed by atoms with van der Waals surface area (Å²) in [5.74, 6) is 0.104. The van der Waals surface area contributed by atoms with Crippen molar-refractivity contribution in [3.63, 3.8) is 0 Å². The van der Waals surface area contributed by atoms with Crippen molar-refractivity contribution in [3.8, 4) is 5.75 Å². The van der Waals surface area contributed by atoms with Crippen molar-refractivity contribution in [1.82, 2.24) is 9.38 Å². The number of pyridine rings is 1. The van der Waals surface area contributed by atoms with Crippen molar-refractivity contribution >= 4 is 34.5 Å². The summed E-state index contributed by atoms with van der Waals surface area (Å²) in [6, 6.07) is 7.32. The van der Waals surface area contributed by atoms with E-state index in [1.54, 1.807) is 29.7 Å². The van der Waals surface area contributed by atoms with E-state index in [-0.39, 0.29) is 16.4 Å². The van der Waals surface area contributed by atoms with Gasteiger partial charge in [-0.2, -0.15) is 0 Å². The van der Waals surface area contributed by atoms with Crippen molar-refractivity contribution in [1.29, 1.82) is 0 Å². The van der Waals surface area contributed by atoms with Crippen LogP contribution in [0.25, 0.3) is 5.65 Å². The average Bonchev–Trinajstić information content (AvgIpc) is 2.92. The number of nitro benzene ring substituents is 1. The summed E-state index contributed by atoms with van der Waals surface area (Å²) in [5, 5.41) is 13.5. The van der Waals surface area contributed by atoms with E-state index in [1.807, 2.05) is 0 Å². The van der Waals surface area contributed by atoms with E-state index in [9.17, 15) is 14.9 Å². The minimum Gasteiger partial charge on any atom is -0.493 e. The normalized spacial score (nSPS) is 10.7. The molecule has 2 aromatic heterocycles. The van der Waals surface area contributed by atoms with Gasteiger partial charge in [0.25, 0.3) is 11.6 Å². The fraction of sp³-hybridized carbons (Fsp3) is 0.125. The zero-order chi connectivity index (χ0) is 18.1. The van der Waals surface area contributed by atoms with Crippen LogP contribution in [0.4, 0.5) is 11.4 Å². The molecule has 0 unspecified atom stereocenters. The van der Waals surface area contributed by atoms with Gasteiger partial charge in [-0.05, 0) is 25.1 Å². The van der Waals surface area contributed by atoms with Crippen LogP contribution in [-0.4, -0.2) is 27.3 Å². The maximum atomic E-state index is 12.7. The zero-order valence-corrected chi connectivity index (χ0v) is 14.1. The van der Waals surface area contributed by atoms with Crippen LogP contribution >= 0.6 is 11.6 Å². The van der Waals surface area contributed by atoms with E-state index in [0.717, 1.165) is 0 Å². The highest BCUT2D eigenvalue weighted by molar-refractivity contribution is 6.34. The van der Waals surface area contributed by atoms with E-state index in [4.69, 9.17) is 16.3 Å². The molecule has 0 aliphatic heterocycles. The molecule has 9 heteroatoms. The van der Waals surface area contributed by atoms with Crippen LogP contribution in [0.2, 0.25) is 5.02 Å². The van der Waals surface area contributed by atoms with Gasteiger partial charge in [0.15, 0.2) is 11.4 Å². The topological polar surface area (TPSA) is 98.8 Å². The van der Waals surface area contributed by atoms with Crippen LogP contribution in [0.5, 0.6) is 5.75 Å². The number of aromatic nitrogens is 2. The van der Waals surface area contributed by atoms with Crippen LogP contribution in [0.3, 0.4) is 0 Å². The summed E-state index contributed by atoms with van der Waals surface area (Å²) in [7, 11) is 1.52. The largest absolute Gasteiger partial charge is 0.493 e. The maximum Gasteiger partial charge on any atom is 0.274 e. The number of hydrogen-bond acceptors (Lipinski definition) is 5. The lowest BCUT2D eigenvalue weighted by Gasteiger charge is -2.08. The van der Waals surface area contributed by atoms with Gasteiger partial charge < -0.3 is 10.1 Å². The van der Waals surface area contributed by atoms with Crippen LogP contribution in [0, 0.1) is 17.0 Å². The van der Waals surface area contributed by atoms with Crippen LogP contribution in [0.1, 0.15) is 16.2 Å². The number of anilines is 1. The van der Waals surface area contributed by atoms with Gasteiger partial charge in [0.05, 0.1) is 28.4 Å². The highest BCUT2D eigenvalue weighted by Gasteiger charge is 2.20. The fourth-order valence-corrected chi connectivity index (χ4v) is 2.71. The summed E-state index contributed by atoms with van der Waals surface area (Å²) in [6.45, 7) is 1.71. The fourth-order valence-electron chi connectivity index (χ4n) is 2.49. The Balaban J connectivity index is 1.98. The monoisotopic (exact) mass is 360 g/mol. The Morgan fingerprint density at radius 3 is 2.80 bits per heavy atom. The summed E-state index contributed by atoms with van der Waals surface area (Å²) in [4.78, 5) is 27.2. The molecule has 8 nitrogen and oxygen atoms in total. The highest BCUT2D eigenvalue weighted by Crippen LogP contribution is 2.28. The van der Waals surface area contributed by atoms with Crippen molar-refractivity contribution in [2.75, 3.05) is 12.4 Å². The minimum absolute atomic E-state index is 0.0756. The number of nitrogens with one attached hydrogen (secondary N) is 1. The number of methoxy groups -OCH3 is 1. The number of fused-ring (bicyclic) bond motifs is 1. The number of halogens is 1. The molecule has 0 atom stereocenters. The van der Waals surface area contributed by atoms with Crippen LogP contribution in [0.15, 0.2) is 36.5 Å². The standard InChI is InChI=1S/C16H13ClN4O4/c1-9-14(20-7-3-4-13(25-2)15(20)18-9)16(22)19-12-6-5-10(21(23)24)8-11(12)17/h3-8H,1-2H3,(H,19,22). The van der Waals surface area contributed by atoms with Crippen LogP contribution < -0.4 is 10.1 Å². The van der Waals surface area contributed by atoms with Gasteiger partial charge >= 0.3 is 0 Å². The molecule has 0 radical (unpaired) electrons. The summed E-state index contributed by atoms with van der Waals surface area (Å²) < 4.78 is 6.86. The Morgan fingerprint density at radius 2 is 2.16 bits per heavy atom. The van der Waals surface area contributed by atoms with E-state index < -0.39 is 10.8 Å². The number of rotatable bonds is 4. The number of ether oxygens (including phenoxy) is 1. The van der Waals surface area contributed by atoms with Gasteiger partial charge in [0.1, 0.15) is 5.69 Å². The average molecular weight is 361 g/mol. The lowest BCUT2D eigenvalue weighted by Crippen LogP contribution is -2.16. The summed E-state index contributed by atoms with van der Waals surface area (Å²) in [5.41, 5.74) is 1.47. The Morgan fingerprint density at radius 1 is 1.40 bits per heavy atom. The van der Waals surface area contributed by atoms with Crippen molar-refractivity contribution < 1.29 is 14.5 Å². The van der Waals surface area contributed by atoms with Crippen molar-refractivity contribution in [2.45, 2.75) is 6.92 Å². The number of non-ortho nitro benzene ring substituents is 1. The van der Waals surface area contributed by atoms with Crippen molar-refractivity contribution in [3.05, 3.63) is 63.1 Å². The van der Waals surface area contributed by atoms with Gasteiger partial charge in [0.2, 0.25) is 0 Å². The predicted molar refractivity (Wildman–Crippen MR) is 92.5 cm³/mol. The van der Waals surface area contributed by atoms with Gasteiger partial charge in [-0.3, -0.25) is 19.3 Å². The Labute approximate surface area is 147 Å². The Kier molecular flexibility index (Phi) is 4.28. The summed E-state index contributed by atoms with van der Waals surface area (Å²) in [6.07, 6.45) is 1.70. The van der Waals surface area contributed by atoms with E-state index >= 15 is 0 Å². The lowest BCUT2D eigenvalue weighted by atomic mass is 10.2. The van der Waals surface area contributed by atoms with E-state index in [1.165, 1.54) is 25.3 Å². The molecule has 0 spiro atoms. The number of aryl methyl sites for hydroxylation is 1. The molecule has 0 fully saturated rings. The van der Waals surface area contributed by atoms with E-state index in [0.29, 0.717) is 22.8 Å². The molecular formula is C16H13ClN4O4. The molecule has 1 N–H and O–H groups in total. The number of carbonyl (C=O) groups excluding carboxylic acids is 1. The summed E-state index contributed by atoms with van der Waals surface area (Å²) >= 11 is 6.02. The number of imidazole rings is 1. The molecule has 2 heterocycles. The first-order valence-corrected chi connectivity index (χ1v) is 7.57. The third-order valence-electron chi connectivity index (χ3n) is 3.64. The molecule has 1 amide bonds. The molecule has 0 bridgehead atoms. The van der Waals surface area contributed by atoms with Gasteiger partial charge in [0, 0.05) is 18.3 Å². The second kappa shape index (κ2) is 6.40. The second-order valence-corrected chi connectivity index (χ2v) is 5.60. The first-order chi connectivity index (χ1) is 11.9. The van der Waals surface area contributed by atoms with Gasteiger partial charge in [-0.1, -0.05) is 11.6 Å². The van der Waals surface area contributed by atoms with Crippen LogP contribution in [-0.2, 0) is 0 Å². The molecule has 0 saturated carbocycles. The first kappa shape index (κ1) is 16.7. The number of carbonyl (C=O) groups is 1. The number of benzene rings is 1. The Bertz CT molecular complexity index is 999. The SMILES string of the molecule is COc1cccn2c(C(=O)Nc3ccc([N+](=O)[O-])cc3Cl)c(C)nc12. The quantitative estimate of drug-likeness (QED) is 0.567. The zero-order valence-electron chi connectivity index (χ0n) is 13.3. The number of nitro groups is 1. The predicted octanol–water partition coefficient (Wildman–Crippen LogP) is 3.47. The molecule has 1 aromatic carbocycles. The number of amides is 1. The molecule has 3 aromatic rings. The van der Waals surface area contributed by atoms with Crippen molar-refractivity contribution in [2.24, 2.45) is 0 Å². The molecule has 3 rings (SSSR count). The smallest absolute Gasteiger partial charge is 0.274 e. The molecule has 25 heavy (non-hydrogen) atoms. The molecule has 0 saturated heterocycles. The third-order valence-corrected chi connectivity index (χ3v) is 3.95. The molecule has 128 valence electrons. The molecular weight excluding hydrogens is 348 g/mol. The minimum atomic E-state index is -0.557. The Hall–Kier alpha value is -3.13. The van der Waals surface area contributed by atoms with E-state index in [2.05, 4.69) is 10.3 Å². The molecule has 0 aliphatic rings. The van der Waals surface area contributed by atoms with Gasteiger partial charge in [-0.25, -0.2) is 4.98 Å². The lowest BCUT2D eigenvalue weighted by molar-refractivity contribution is -0.384. The maximum absolute atomic E-state index is 12.7. The number of nitrogens with zero attached hydrogens (tertiary/aromatic N) is 3. The second-order valence-electron chi connectivity index (χ2n) is 5.19. The number of hydrogen-bond donors (Lipinski definition) is 1. The third kappa shape index (κ3) is 2.99.